The number of fused-ring (bicyclic) bond motifs is 1. The Bertz CT molecular complexity index is 780. The third-order valence-electron chi connectivity index (χ3n) is 4.86. The molecule has 0 aromatic carbocycles. The minimum Gasteiger partial charge on any atom is -0.481 e. The fourth-order valence-electron chi connectivity index (χ4n) is 3.69. The van der Waals surface area contributed by atoms with Gasteiger partial charge in [0.2, 0.25) is 5.88 Å². The minimum absolute atomic E-state index is 0.283. The van der Waals surface area contributed by atoms with E-state index in [0.717, 1.165) is 36.3 Å². The van der Waals surface area contributed by atoms with Gasteiger partial charge in [0.15, 0.2) is 5.69 Å². The molecule has 2 aromatic rings. The fraction of sp³-hybridized carbons (Fsp3) is 0.647. The molecule has 0 bridgehead atoms. The average molecular weight is 371 g/mol. The average Bonchev–Trinajstić information content (AvgIpc) is 3.08. The van der Waals surface area contributed by atoms with Gasteiger partial charge in [0.05, 0.1) is 18.4 Å². The lowest BCUT2D eigenvalue weighted by atomic mass is 9.99. The minimum atomic E-state index is -4.38. The molecule has 0 radical (unpaired) electrons. The van der Waals surface area contributed by atoms with Crippen LogP contribution in [0.25, 0.3) is 0 Å². The smallest absolute Gasteiger partial charge is 0.434 e. The first-order valence-electron chi connectivity index (χ1n) is 8.57. The van der Waals surface area contributed by atoms with Crippen molar-refractivity contribution in [3.63, 3.8) is 0 Å². The Morgan fingerprint density at radius 2 is 2.12 bits per heavy atom. The van der Waals surface area contributed by atoms with Gasteiger partial charge in [-0.05, 0) is 26.3 Å². The summed E-state index contributed by atoms with van der Waals surface area (Å²) in [6, 6.07) is 0. The van der Waals surface area contributed by atoms with Crippen molar-refractivity contribution in [3.8, 4) is 5.88 Å². The number of nitrogens with zero attached hydrogens (tertiary/aromatic N) is 5. The molecule has 26 heavy (non-hydrogen) atoms. The van der Waals surface area contributed by atoms with Crippen LogP contribution in [-0.4, -0.2) is 44.9 Å². The Morgan fingerprint density at radius 1 is 1.38 bits per heavy atom. The van der Waals surface area contributed by atoms with Crippen LogP contribution < -0.4 is 4.74 Å². The van der Waals surface area contributed by atoms with E-state index in [1.165, 1.54) is 0 Å². The second-order valence-corrected chi connectivity index (χ2v) is 6.99. The summed E-state index contributed by atoms with van der Waals surface area (Å²) < 4.78 is 47.3. The highest BCUT2D eigenvalue weighted by atomic mass is 19.4. The Kier molecular flexibility index (Phi) is 5.01. The number of aromatic nitrogens is 4. The quantitative estimate of drug-likeness (QED) is 0.811. The first kappa shape index (κ1) is 18.8. The number of alkyl halides is 3. The zero-order valence-electron chi connectivity index (χ0n) is 15.5. The summed E-state index contributed by atoms with van der Waals surface area (Å²) in [4.78, 5) is 5.91. The molecular weight excluding hydrogens is 347 g/mol. The lowest BCUT2D eigenvalue weighted by Gasteiger charge is -2.28. The van der Waals surface area contributed by atoms with Crippen LogP contribution in [0.15, 0.2) is 6.20 Å². The topological polar surface area (TPSA) is 48.1 Å². The molecule has 0 N–H and O–H groups in total. The summed E-state index contributed by atoms with van der Waals surface area (Å²) in [6.45, 7) is 3.98. The summed E-state index contributed by atoms with van der Waals surface area (Å²) in [5.74, 6) is 1.55. The summed E-state index contributed by atoms with van der Waals surface area (Å²) in [5.41, 5.74) is 1.17. The van der Waals surface area contributed by atoms with E-state index in [4.69, 9.17) is 4.74 Å². The van der Waals surface area contributed by atoms with Crippen molar-refractivity contribution in [2.45, 2.75) is 39.0 Å². The number of aryl methyl sites for hydroxylation is 3. The standard InChI is InChI=1S/C17H24F3N5O/c1-11-13(16(26-4)24(3)22-11)9-23(2)7-12-5-6-15-21-14(17(18,19)20)10-25(15)8-12/h10,12H,5-9H2,1-4H3. The van der Waals surface area contributed by atoms with Crippen LogP contribution in [0.5, 0.6) is 5.88 Å². The van der Waals surface area contributed by atoms with E-state index < -0.39 is 11.9 Å². The van der Waals surface area contributed by atoms with Crippen molar-refractivity contribution in [1.29, 1.82) is 0 Å². The molecule has 9 heteroatoms. The molecular formula is C17H24F3N5O. The first-order valence-corrected chi connectivity index (χ1v) is 8.57. The van der Waals surface area contributed by atoms with Crippen LogP contribution in [0, 0.1) is 12.8 Å². The second kappa shape index (κ2) is 6.94. The number of rotatable bonds is 5. The molecule has 6 nitrogen and oxygen atoms in total. The first-order chi connectivity index (χ1) is 12.2. The second-order valence-electron chi connectivity index (χ2n) is 6.99. The molecule has 0 saturated heterocycles. The molecule has 0 amide bonds. The highest BCUT2D eigenvalue weighted by Crippen LogP contribution is 2.31. The number of methoxy groups -OCH3 is 1. The maximum absolute atomic E-state index is 12.8. The summed E-state index contributed by atoms with van der Waals surface area (Å²) in [5, 5.41) is 4.38. The number of hydrogen-bond donors (Lipinski definition) is 0. The SMILES string of the molecule is COc1c(CN(C)CC2CCc3nc(C(F)(F)F)cn3C2)c(C)nn1C. The van der Waals surface area contributed by atoms with Gasteiger partial charge in [-0.15, -0.1) is 0 Å². The molecule has 1 aliphatic rings. The molecule has 3 heterocycles. The van der Waals surface area contributed by atoms with Gasteiger partial charge in [-0.3, -0.25) is 0 Å². The molecule has 1 unspecified atom stereocenters. The Hall–Kier alpha value is -2.03. The summed E-state index contributed by atoms with van der Waals surface area (Å²) >= 11 is 0. The van der Waals surface area contributed by atoms with Crippen molar-refractivity contribution in [1.82, 2.24) is 24.2 Å². The van der Waals surface area contributed by atoms with E-state index in [1.807, 2.05) is 21.0 Å². The van der Waals surface area contributed by atoms with E-state index in [2.05, 4.69) is 15.0 Å². The van der Waals surface area contributed by atoms with E-state index in [0.29, 0.717) is 25.3 Å². The monoisotopic (exact) mass is 371 g/mol. The van der Waals surface area contributed by atoms with Crippen molar-refractivity contribution in [2.75, 3.05) is 20.7 Å². The molecule has 1 atom stereocenters. The van der Waals surface area contributed by atoms with Crippen LogP contribution >= 0.6 is 0 Å². The van der Waals surface area contributed by atoms with Gasteiger partial charge in [0, 0.05) is 39.3 Å². The maximum Gasteiger partial charge on any atom is 0.434 e. The number of halogens is 3. The third-order valence-corrected chi connectivity index (χ3v) is 4.86. The van der Waals surface area contributed by atoms with Crippen molar-refractivity contribution >= 4 is 0 Å². The zero-order chi connectivity index (χ0) is 19.1. The maximum atomic E-state index is 12.8. The molecule has 0 saturated carbocycles. The van der Waals surface area contributed by atoms with Crippen molar-refractivity contribution in [3.05, 3.63) is 29.0 Å². The van der Waals surface area contributed by atoms with Gasteiger partial charge in [-0.1, -0.05) is 0 Å². The van der Waals surface area contributed by atoms with Gasteiger partial charge in [-0.2, -0.15) is 18.3 Å². The van der Waals surface area contributed by atoms with Crippen molar-refractivity contribution < 1.29 is 17.9 Å². The molecule has 0 spiro atoms. The number of hydrogen-bond acceptors (Lipinski definition) is 4. The van der Waals surface area contributed by atoms with Crippen LogP contribution in [-0.2, 0) is 32.7 Å². The van der Waals surface area contributed by atoms with Crippen molar-refractivity contribution in [2.24, 2.45) is 13.0 Å². The summed E-state index contributed by atoms with van der Waals surface area (Å²) in [7, 11) is 5.48. The molecule has 144 valence electrons. The Morgan fingerprint density at radius 3 is 2.77 bits per heavy atom. The van der Waals surface area contributed by atoms with Crippen LogP contribution in [0.4, 0.5) is 13.2 Å². The van der Waals surface area contributed by atoms with Gasteiger partial charge < -0.3 is 14.2 Å². The van der Waals surface area contributed by atoms with Gasteiger partial charge in [0.25, 0.3) is 0 Å². The third kappa shape index (κ3) is 3.72. The Labute approximate surface area is 150 Å². The lowest BCUT2D eigenvalue weighted by molar-refractivity contribution is -0.141. The molecule has 3 rings (SSSR count). The predicted octanol–water partition coefficient (Wildman–Crippen LogP) is 2.65. The van der Waals surface area contributed by atoms with Gasteiger partial charge in [-0.25, -0.2) is 9.67 Å². The zero-order valence-corrected chi connectivity index (χ0v) is 15.5. The van der Waals surface area contributed by atoms with Gasteiger partial charge >= 0.3 is 6.18 Å². The predicted molar refractivity (Wildman–Crippen MR) is 89.9 cm³/mol. The normalized spacial score (nSPS) is 17.6. The van der Waals surface area contributed by atoms with Crippen LogP contribution in [0.1, 0.15) is 29.2 Å². The highest BCUT2D eigenvalue weighted by molar-refractivity contribution is 5.30. The van der Waals surface area contributed by atoms with Crippen LogP contribution in [0.3, 0.4) is 0 Å². The van der Waals surface area contributed by atoms with E-state index in [-0.39, 0.29) is 5.92 Å². The number of imidazole rings is 1. The van der Waals surface area contributed by atoms with Crippen LogP contribution in [0.2, 0.25) is 0 Å². The molecule has 0 fully saturated rings. The van der Waals surface area contributed by atoms with E-state index in [1.54, 1.807) is 16.4 Å². The molecule has 2 aromatic heterocycles. The Balaban J connectivity index is 1.64. The van der Waals surface area contributed by atoms with E-state index >= 15 is 0 Å². The largest absolute Gasteiger partial charge is 0.481 e. The van der Waals surface area contributed by atoms with Gasteiger partial charge in [0.1, 0.15) is 5.82 Å². The number of ether oxygens (including phenoxy) is 1. The fourth-order valence-corrected chi connectivity index (χ4v) is 3.69. The molecule has 0 aliphatic carbocycles. The molecule has 1 aliphatic heterocycles. The highest BCUT2D eigenvalue weighted by Gasteiger charge is 2.35. The lowest BCUT2D eigenvalue weighted by Crippen LogP contribution is -2.31. The van der Waals surface area contributed by atoms with E-state index in [9.17, 15) is 13.2 Å². The summed E-state index contributed by atoms with van der Waals surface area (Å²) in [6.07, 6.45) is -1.84.